The zero-order valence-electron chi connectivity index (χ0n) is 14.6. The Labute approximate surface area is 144 Å². The molecule has 128 valence electrons. The standard InChI is InChI=1S/C17H28ClN5/c1-19-17(20-11-16-13-21(2)9-10-22(16)3)23(4)12-14-5-7-15(18)8-6-14/h5-8,16H,9-13H2,1-4H3,(H,19,20). The first-order chi connectivity index (χ1) is 11.0. The predicted octanol–water partition coefficient (Wildman–Crippen LogP) is 1.59. The van der Waals surface area contributed by atoms with E-state index in [4.69, 9.17) is 11.6 Å². The Bertz CT molecular complexity index is 516. The van der Waals surface area contributed by atoms with Gasteiger partial charge in [-0.25, -0.2) is 0 Å². The number of likely N-dealkylation sites (N-methyl/N-ethyl adjacent to an activating group) is 2. The molecular weight excluding hydrogens is 310 g/mol. The van der Waals surface area contributed by atoms with Crippen molar-refractivity contribution in [2.75, 3.05) is 54.4 Å². The van der Waals surface area contributed by atoms with Crippen molar-refractivity contribution < 1.29 is 0 Å². The van der Waals surface area contributed by atoms with Gasteiger partial charge in [-0.05, 0) is 31.8 Å². The van der Waals surface area contributed by atoms with Crippen LogP contribution in [-0.2, 0) is 6.54 Å². The largest absolute Gasteiger partial charge is 0.355 e. The van der Waals surface area contributed by atoms with E-state index >= 15 is 0 Å². The molecule has 23 heavy (non-hydrogen) atoms. The molecule has 6 heteroatoms. The van der Waals surface area contributed by atoms with E-state index in [-0.39, 0.29) is 0 Å². The van der Waals surface area contributed by atoms with E-state index in [9.17, 15) is 0 Å². The summed E-state index contributed by atoms with van der Waals surface area (Å²) in [4.78, 5) is 11.3. The molecule has 0 amide bonds. The molecule has 0 saturated carbocycles. The van der Waals surface area contributed by atoms with Gasteiger partial charge in [0.1, 0.15) is 0 Å². The van der Waals surface area contributed by atoms with E-state index in [0.29, 0.717) is 6.04 Å². The molecule has 0 spiro atoms. The molecule has 1 aliphatic rings. The van der Waals surface area contributed by atoms with E-state index in [1.54, 1.807) is 0 Å². The highest BCUT2D eigenvalue weighted by molar-refractivity contribution is 6.30. The minimum Gasteiger partial charge on any atom is -0.355 e. The first-order valence-electron chi connectivity index (χ1n) is 8.04. The second-order valence-corrected chi connectivity index (χ2v) is 6.74. The maximum atomic E-state index is 5.94. The van der Waals surface area contributed by atoms with Gasteiger partial charge in [-0.3, -0.25) is 9.89 Å². The normalized spacial score (nSPS) is 20.6. The average molecular weight is 338 g/mol. The lowest BCUT2D eigenvalue weighted by Gasteiger charge is -2.38. The number of nitrogens with zero attached hydrogens (tertiary/aromatic N) is 4. The fourth-order valence-electron chi connectivity index (χ4n) is 2.85. The third-order valence-corrected chi connectivity index (χ3v) is 4.63. The lowest BCUT2D eigenvalue weighted by Crippen LogP contribution is -2.55. The van der Waals surface area contributed by atoms with Gasteiger partial charge < -0.3 is 15.1 Å². The number of rotatable bonds is 4. The minimum atomic E-state index is 0.509. The molecule has 1 atom stereocenters. The number of piperazine rings is 1. The summed E-state index contributed by atoms with van der Waals surface area (Å²) in [7, 11) is 8.26. The van der Waals surface area contributed by atoms with E-state index in [2.05, 4.69) is 58.3 Å². The molecule has 1 aliphatic heterocycles. The number of halogens is 1. The van der Waals surface area contributed by atoms with Crippen LogP contribution in [-0.4, -0.2) is 81.1 Å². The van der Waals surface area contributed by atoms with Gasteiger partial charge in [-0.2, -0.15) is 0 Å². The smallest absolute Gasteiger partial charge is 0.193 e. The molecule has 1 unspecified atom stereocenters. The van der Waals surface area contributed by atoms with Gasteiger partial charge in [0.05, 0.1) is 0 Å². The van der Waals surface area contributed by atoms with Crippen LogP contribution in [0.2, 0.25) is 5.02 Å². The molecule has 0 aromatic heterocycles. The monoisotopic (exact) mass is 337 g/mol. The van der Waals surface area contributed by atoms with Gasteiger partial charge in [-0.15, -0.1) is 0 Å². The molecule has 0 aliphatic carbocycles. The van der Waals surface area contributed by atoms with Gasteiger partial charge in [0.25, 0.3) is 0 Å². The highest BCUT2D eigenvalue weighted by Crippen LogP contribution is 2.11. The Morgan fingerprint density at radius 1 is 1.30 bits per heavy atom. The molecule has 1 aromatic rings. The van der Waals surface area contributed by atoms with E-state index < -0.39 is 0 Å². The number of aliphatic imine (C=N–C) groups is 1. The van der Waals surface area contributed by atoms with Crippen molar-refractivity contribution in [2.45, 2.75) is 12.6 Å². The number of guanidine groups is 1. The molecule has 1 fully saturated rings. The van der Waals surface area contributed by atoms with Gasteiger partial charge >= 0.3 is 0 Å². The lowest BCUT2D eigenvalue weighted by atomic mass is 10.2. The number of nitrogens with one attached hydrogen (secondary N) is 1. The second-order valence-electron chi connectivity index (χ2n) is 6.31. The summed E-state index contributed by atoms with van der Waals surface area (Å²) in [5.74, 6) is 0.918. The summed E-state index contributed by atoms with van der Waals surface area (Å²) in [6.07, 6.45) is 0. The highest BCUT2D eigenvalue weighted by Gasteiger charge is 2.22. The highest BCUT2D eigenvalue weighted by atomic mass is 35.5. The van der Waals surface area contributed by atoms with Crippen LogP contribution in [0.3, 0.4) is 0 Å². The van der Waals surface area contributed by atoms with Crippen LogP contribution in [0.4, 0.5) is 0 Å². The molecule has 2 rings (SSSR count). The molecule has 1 saturated heterocycles. The summed E-state index contributed by atoms with van der Waals surface area (Å²) in [5.41, 5.74) is 1.22. The van der Waals surface area contributed by atoms with Crippen LogP contribution in [0, 0.1) is 0 Å². The van der Waals surface area contributed by atoms with Crippen LogP contribution >= 0.6 is 11.6 Å². The summed E-state index contributed by atoms with van der Waals surface area (Å²) >= 11 is 5.94. The number of hydrogen-bond acceptors (Lipinski definition) is 3. The van der Waals surface area contributed by atoms with Crippen molar-refractivity contribution >= 4 is 17.6 Å². The van der Waals surface area contributed by atoms with Crippen molar-refractivity contribution in [1.82, 2.24) is 20.0 Å². The Hall–Kier alpha value is -1.30. The summed E-state index contributed by atoms with van der Waals surface area (Å²) in [6.45, 7) is 5.04. The summed E-state index contributed by atoms with van der Waals surface area (Å²) in [5, 5.41) is 4.27. The van der Waals surface area contributed by atoms with E-state index in [1.807, 2.05) is 19.2 Å². The van der Waals surface area contributed by atoms with Gasteiger partial charge in [0, 0.05) is 57.9 Å². The first kappa shape index (κ1) is 18.0. The van der Waals surface area contributed by atoms with E-state index in [1.165, 1.54) is 5.56 Å². The maximum Gasteiger partial charge on any atom is 0.193 e. The Balaban J connectivity index is 1.87. The van der Waals surface area contributed by atoms with Crippen molar-refractivity contribution in [3.05, 3.63) is 34.9 Å². The Morgan fingerprint density at radius 3 is 2.65 bits per heavy atom. The lowest BCUT2D eigenvalue weighted by molar-refractivity contribution is 0.116. The van der Waals surface area contributed by atoms with Gasteiger partial charge in [0.15, 0.2) is 5.96 Å². The van der Waals surface area contributed by atoms with Crippen molar-refractivity contribution in [1.29, 1.82) is 0 Å². The zero-order chi connectivity index (χ0) is 16.8. The first-order valence-corrected chi connectivity index (χ1v) is 8.42. The van der Waals surface area contributed by atoms with Crippen molar-refractivity contribution in [3.63, 3.8) is 0 Å². The predicted molar refractivity (Wildman–Crippen MR) is 98.2 cm³/mol. The third-order valence-electron chi connectivity index (χ3n) is 4.38. The molecule has 0 bridgehead atoms. The Morgan fingerprint density at radius 2 is 2.00 bits per heavy atom. The second kappa shape index (κ2) is 8.52. The van der Waals surface area contributed by atoms with Crippen LogP contribution in [0.15, 0.2) is 29.3 Å². The fraction of sp³-hybridized carbons (Fsp3) is 0.588. The Kier molecular flexibility index (Phi) is 6.69. The van der Waals surface area contributed by atoms with Gasteiger partial charge in [0.2, 0.25) is 0 Å². The number of benzene rings is 1. The summed E-state index contributed by atoms with van der Waals surface area (Å²) in [6, 6.07) is 8.46. The van der Waals surface area contributed by atoms with Crippen LogP contribution in [0.5, 0.6) is 0 Å². The van der Waals surface area contributed by atoms with Crippen LogP contribution in [0.25, 0.3) is 0 Å². The molecule has 1 N–H and O–H groups in total. The minimum absolute atomic E-state index is 0.509. The molecule has 1 aromatic carbocycles. The molecular formula is C17H28ClN5. The average Bonchev–Trinajstić information content (AvgIpc) is 2.53. The maximum absolute atomic E-state index is 5.94. The third kappa shape index (κ3) is 5.37. The van der Waals surface area contributed by atoms with Crippen molar-refractivity contribution in [2.24, 2.45) is 4.99 Å². The van der Waals surface area contributed by atoms with Gasteiger partial charge in [-0.1, -0.05) is 23.7 Å². The van der Waals surface area contributed by atoms with Crippen LogP contribution in [0.1, 0.15) is 5.56 Å². The van der Waals surface area contributed by atoms with E-state index in [0.717, 1.165) is 43.7 Å². The fourth-order valence-corrected chi connectivity index (χ4v) is 2.98. The molecule has 5 nitrogen and oxygen atoms in total. The summed E-state index contributed by atoms with van der Waals surface area (Å²) < 4.78 is 0. The SMILES string of the molecule is CN=C(NCC1CN(C)CCN1C)N(C)Cc1ccc(Cl)cc1. The molecule has 1 heterocycles. The zero-order valence-corrected chi connectivity index (χ0v) is 15.3. The topological polar surface area (TPSA) is 34.1 Å². The van der Waals surface area contributed by atoms with Crippen molar-refractivity contribution in [3.8, 4) is 0 Å². The number of hydrogen-bond donors (Lipinski definition) is 1. The van der Waals surface area contributed by atoms with Crippen LogP contribution < -0.4 is 5.32 Å². The quantitative estimate of drug-likeness (QED) is 0.668. The molecule has 0 radical (unpaired) electrons.